The average molecular weight is 355 g/mol. The Morgan fingerprint density at radius 3 is 2.42 bits per heavy atom. The fourth-order valence-electron chi connectivity index (χ4n) is 3.90. The number of hydrogen-bond donors (Lipinski definition) is 1. The van der Waals surface area contributed by atoms with Gasteiger partial charge >= 0.3 is 0 Å². The number of rotatable bonds is 4. The number of sulfone groups is 1. The first-order valence-electron chi connectivity index (χ1n) is 8.93. The molecule has 0 unspecified atom stereocenters. The molecule has 136 valence electrons. The number of nitrogens with one attached hydrogen (secondary N) is 1. The Morgan fingerprint density at radius 2 is 1.83 bits per heavy atom. The number of fused-ring (bicyclic) bond motifs is 1. The second-order valence-electron chi connectivity index (χ2n) is 8.25. The molecule has 1 aromatic rings. The normalized spacial score (nSPS) is 28.2. The van der Waals surface area contributed by atoms with Crippen LogP contribution < -0.4 is 0 Å². The van der Waals surface area contributed by atoms with Gasteiger partial charge in [0, 0.05) is 42.8 Å². The van der Waals surface area contributed by atoms with Gasteiger partial charge in [-0.1, -0.05) is 27.7 Å². The van der Waals surface area contributed by atoms with E-state index in [1.807, 2.05) is 0 Å². The number of piperazine rings is 1. The van der Waals surface area contributed by atoms with Gasteiger partial charge in [-0.05, 0) is 19.0 Å². The van der Waals surface area contributed by atoms with Gasteiger partial charge in [0.05, 0.1) is 17.2 Å². The monoisotopic (exact) mass is 354 g/mol. The molecule has 1 aromatic heterocycles. The lowest BCUT2D eigenvalue weighted by atomic mass is 9.92. The quantitative estimate of drug-likeness (QED) is 0.885. The molecule has 2 fully saturated rings. The molecular formula is C17H30N4O2S. The van der Waals surface area contributed by atoms with E-state index in [1.54, 1.807) is 0 Å². The van der Waals surface area contributed by atoms with E-state index in [4.69, 9.17) is 0 Å². The number of aromatic nitrogens is 2. The van der Waals surface area contributed by atoms with Crippen LogP contribution in [0.25, 0.3) is 0 Å². The second kappa shape index (κ2) is 6.42. The molecule has 0 amide bonds. The molecule has 2 aliphatic rings. The Kier molecular flexibility index (Phi) is 4.79. The fraction of sp³-hybridized carbons (Fsp3) is 0.824. The van der Waals surface area contributed by atoms with E-state index in [9.17, 15) is 8.42 Å². The molecule has 7 heteroatoms. The molecule has 0 bridgehead atoms. The number of nitrogens with zero attached hydrogens (tertiary/aromatic N) is 3. The summed E-state index contributed by atoms with van der Waals surface area (Å²) in [6.45, 7) is 12.2. The van der Waals surface area contributed by atoms with Crippen LogP contribution in [0.5, 0.6) is 0 Å². The lowest BCUT2D eigenvalue weighted by Crippen LogP contribution is -2.58. The first-order valence-corrected chi connectivity index (χ1v) is 10.7. The van der Waals surface area contributed by atoms with Crippen molar-refractivity contribution in [3.8, 4) is 0 Å². The van der Waals surface area contributed by atoms with E-state index in [1.165, 1.54) is 0 Å². The smallest absolute Gasteiger partial charge is 0.153 e. The standard InChI is InChI=1S/C17H30N4O2S/c1-5-6-20-7-8-21(15-12-24(22,23)11-14(15)20)10-13-9-16(19-18-13)17(2,3)4/h9,14-15H,5-8,10-12H2,1-4H3,(H,18,19)/t14-,15+/m0/s1. The second-order valence-corrected chi connectivity index (χ2v) is 10.4. The van der Waals surface area contributed by atoms with Crippen LogP contribution in [-0.4, -0.2) is 71.6 Å². The van der Waals surface area contributed by atoms with Gasteiger partial charge in [-0.2, -0.15) is 5.10 Å². The van der Waals surface area contributed by atoms with Crippen LogP contribution in [0.1, 0.15) is 45.5 Å². The van der Waals surface area contributed by atoms with Crippen LogP contribution in [0.4, 0.5) is 0 Å². The molecule has 2 saturated heterocycles. The molecule has 2 atom stereocenters. The zero-order valence-electron chi connectivity index (χ0n) is 15.2. The van der Waals surface area contributed by atoms with Gasteiger partial charge in [0.15, 0.2) is 9.84 Å². The largest absolute Gasteiger partial charge is 0.297 e. The highest BCUT2D eigenvalue weighted by molar-refractivity contribution is 7.91. The van der Waals surface area contributed by atoms with Gasteiger partial charge in [0.2, 0.25) is 0 Å². The van der Waals surface area contributed by atoms with Gasteiger partial charge in [0.1, 0.15) is 0 Å². The van der Waals surface area contributed by atoms with Crippen LogP contribution in [0.3, 0.4) is 0 Å². The number of aromatic amines is 1. The topological polar surface area (TPSA) is 69.3 Å². The summed E-state index contributed by atoms with van der Waals surface area (Å²) in [4.78, 5) is 4.71. The summed E-state index contributed by atoms with van der Waals surface area (Å²) in [7, 11) is -2.93. The van der Waals surface area contributed by atoms with Crippen LogP contribution in [0.2, 0.25) is 0 Å². The lowest BCUT2D eigenvalue weighted by Gasteiger charge is -2.43. The van der Waals surface area contributed by atoms with Gasteiger partial charge in [-0.25, -0.2) is 8.42 Å². The minimum atomic E-state index is -2.93. The molecule has 0 saturated carbocycles. The van der Waals surface area contributed by atoms with Crippen LogP contribution >= 0.6 is 0 Å². The van der Waals surface area contributed by atoms with Crippen molar-refractivity contribution in [3.05, 3.63) is 17.5 Å². The molecule has 0 radical (unpaired) electrons. The molecule has 3 heterocycles. The Balaban J connectivity index is 1.76. The molecule has 2 aliphatic heterocycles. The van der Waals surface area contributed by atoms with Gasteiger partial charge in [0.25, 0.3) is 0 Å². The molecule has 1 N–H and O–H groups in total. The zero-order chi connectivity index (χ0) is 17.5. The van der Waals surface area contributed by atoms with E-state index in [0.717, 1.165) is 44.0 Å². The van der Waals surface area contributed by atoms with Crippen LogP contribution in [-0.2, 0) is 21.8 Å². The zero-order valence-corrected chi connectivity index (χ0v) is 16.1. The minimum absolute atomic E-state index is 0.0216. The molecule has 0 spiro atoms. The molecular weight excluding hydrogens is 324 g/mol. The summed E-state index contributed by atoms with van der Waals surface area (Å²) in [5, 5.41) is 7.57. The van der Waals surface area contributed by atoms with E-state index in [-0.39, 0.29) is 23.3 Å². The first kappa shape index (κ1) is 17.9. The van der Waals surface area contributed by atoms with Crippen molar-refractivity contribution >= 4 is 9.84 Å². The third-order valence-corrected chi connectivity index (χ3v) is 6.89. The average Bonchev–Trinajstić information content (AvgIpc) is 3.05. The van der Waals surface area contributed by atoms with Crippen molar-refractivity contribution in [3.63, 3.8) is 0 Å². The van der Waals surface area contributed by atoms with Crippen molar-refractivity contribution in [2.24, 2.45) is 0 Å². The van der Waals surface area contributed by atoms with Gasteiger partial charge in [-0.15, -0.1) is 0 Å². The summed E-state index contributed by atoms with van der Waals surface area (Å²) < 4.78 is 24.4. The number of hydrogen-bond acceptors (Lipinski definition) is 5. The first-order chi connectivity index (χ1) is 11.2. The highest BCUT2D eigenvalue weighted by Crippen LogP contribution is 2.28. The maximum Gasteiger partial charge on any atom is 0.153 e. The SMILES string of the molecule is CCCN1CCN(Cc2cc(C(C)(C)C)n[nH]2)[C@@H]2CS(=O)(=O)C[C@@H]21. The molecule has 6 nitrogen and oxygen atoms in total. The maximum absolute atomic E-state index is 12.2. The van der Waals surface area contributed by atoms with Crippen molar-refractivity contribution in [2.45, 2.75) is 58.2 Å². The molecule has 0 aliphatic carbocycles. The summed E-state index contributed by atoms with van der Waals surface area (Å²) in [6.07, 6.45) is 1.07. The molecule has 0 aromatic carbocycles. The van der Waals surface area contributed by atoms with Crippen LogP contribution in [0.15, 0.2) is 6.07 Å². The van der Waals surface area contributed by atoms with Crippen molar-refractivity contribution in [1.82, 2.24) is 20.0 Å². The predicted octanol–water partition coefficient (Wildman–Crippen LogP) is 1.40. The summed E-state index contributed by atoms with van der Waals surface area (Å²) in [5.41, 5.74) is 2.15. The summed E-state index contributed by atoms with van der Waals surface area (Å²) in [5.74, 6) is 0.600. The number of H-pyrrole nitrogens is 1. The lowest BCUT2D eigenvalue weighted by molar-refractivity contribution is 0.0398. The predicted molar refractivity (Wildman–Crippen MR) is 95.8 cm³/mol. The molecule has 3 rings (SSSR count). The third-order valence-electron chi connectivity index (χ3n) is 5.19. The van der Waals surface area contributed by atoms with E-state index < -0.39 is 9.84 Å². The maximum atomic E-state index is 12.2. The fourth-order valence-corrected chi connectivity index (χ4v) is 5.95. The minimum Gasteiger partial charge on any atom is -0.297 e. The van der Waals surface area contributed by atoms with Gasteiger partial charge < -0.3 is 0 Å². The highest BCUT2D eigenvalue weighted by Gasteiger charge is 2.46. The van der Waals surface area contributed by atoms with Crippen molar-refractivity contribution in [1.29, 1.82) is 0 Å². The molecule has 24 heavy (non-hydrogen) atoms. The Morgan fingerprint density at radius 1 is 1.21 bits per heavy atom. The van der Waals surface area contributed by atoms with Gasteiger partial charge in [-0.3, -0.25) is 14.9 Å². The Bertz CT molecular complexity index is 677. The van der Waals surface area contributed by atoms with Crippen molar-refractivity contribution < 1.29 is 8.42 Å². The van der Waals surface area contributed by atoms with E-state index >= 15 is 0 Å². The van der Waals surface area contributed by atoms with E-state index in [0.29, 0.717) is 5.75 Å². The van der Waals surface area contributed by atoms with Crippen LogP contribution in [0, 0.1) is 0 Å². The Labute approximate surface area is 145 Å². The Hall–Kier alpha value is -0.920. The summed E-state index contributed by atoms with van der Waals surface area (Å²) >= 11 is 0. The van der Waals surface area contributed by atoms with Crippen molar-refractivity contribution in [2.75, 3.05) is 31.1 Å². The highest BCUT2D eigenvalue weighted by atomic mass is 32.2. The summed E-state index contributed by atoms with van der Waals surface area (Å²) in [6, 6.07) is 2.38. The third kappa shape index (κ3) is 3.68. The van der Waals surface area contributed by atoms with E-state index in [2.05, 4.69) is 53.8 Å².